The Bertz CT molecular complexity index is 587. The molecule has 3 rings (SSSR count). The summed E-state index contributed by atoms with van der Waals surface area (Å²) >= 11 is 1.90. The van der Waals surface area contributed by atoms with E-state index in [1.807, 2.05) is 41.8 Å². The number of fused-ring (bicyclic) bond motifs is 1. The number of carbonyl (C=O) groups excluding carboxylic acids is 1. The zero-order valence-electron chi connectivity index (χ0n) is 10.3. The molecule has 2 heterocycles. The number of H-pyrrole nitrogens is 1. The zero-order valence-corrected chi connectivity index (χ0v) is 11.1. The van der Waals surface area contributed by atoms with E-state index in [1.165, 1.54) is 0 Å². The summed E-state index contributed by atoms with van der Waals surface area (Å²) in [5, 5.41) is 8.05. The molecular formula is C13H15N3OS. The van der Waals surface area contributed by atoms with Gasteiger partial charge in [-0.25, -0.2) is 0 Å². The highest BCUT2D eigenvalue weighted by atomic mass is 32.2. The van der Waals surface area contributed by atoms with E-state index in [9.17, 15) is 4.79 Å². The van der Waals surface area contributed by atoms with Gasteiger partial charge in [0.15, 0.2) is 5.69 Å². The Labute approximate surface area is 110 Å². The molecular weight excluding hydrogens is 246 g/mol. The monoisotopic (exact) mass is 261 g/mol. The molecule has 4 nitrogen and oxygen atoms in total. The number of hydrogen-bond donors (Lipinski definition) is 1. The average molecular weight is 261 g/mol. The first kappa shape index (κ1) is 11.6. The second-order valence-corrected chi connectivity index (χ2v) is 5.75. The number of aryl methyl sites for hydroxylation is 1. The topological polar surface area (TPSA) is 49.0 Å². The second-order valence-electron chi connectivity index (χ2n) is 4.53. The maximum Gasteiger partial charge on any atom is 0.275 e. The number of thioether (sulfide) groups is 1. The van der Waals surface area contributed by atoms with Crippen molar-refractivity contribution in [1.82, 2.24) is 15.1 Å². The summed E-state index contributed by atoms with van der Waals surface area (Å²) < 4.78 is 0. The Balaban J connectivity index is 1.98. The van der Waals surface area contributed by atoms with Gasteiger partial charge in [-0.3, -0.25) is 9.89 Å². The van der Waals surface area contributed by atoms with Crippen LogP contribution in [0.4, 0.5) is 0 Å². The zero-order chi connectivity index (χ0) is 12.5. The average Bonchev–Trinajstić information content (AvgIpc) is 2.82. The molecule has 0 bridgehead atoms. The van der Waals surface area contributed by atoms with Crippen LogP contribution >= 0.6 is 11.8 Å². The summed E-state index contributed by atoms with van der Waals surface area (Å²) in [5.74, 6) is 2.09. The Kier molecular flexibility index (Phi) is 2.99. The van der Waals surface area contributed by atoms with Crippen molar-refractivity contribution in [2.45, 2.75) is 6.92 Å². The first-order valence-corrected chi connectivity index (χ1v) is 7.23. The Morgan fingerprint density at radius 2 is 2.17 bits per heavy atom. The number of hydrogen-bond acceptors (Lipinski definition) is 3. The summed E-state index contributed by atoms with van der Waals surface area (Å²) in [6.45, 7) is 3.67. The molecule has 0 spiro atoms. The highest BCUT2D eigenvalue weighted by Gasteiger charge is 2.22. The van der Waals surface area contributed by atoms with E-state index in [0.717, 1.165) is 41.1 Å². The van der Waals surface area contributed by atoms with Gasteiger partial charge in [0.1, 0.15) is 0 Å². The van der Waals surface area contributed by atoms with E-state index in [4.69, 9.17) is 0 Å². The van der Waals surface area contributed by atoms with Gasteiger partial charge in [0, 0.05) is 30.0 Å². The third-order valence-electron chi connectivity index (χ3n) is 3.22. The smallest absolute Gasteiger partial charge is 0.275 e. The predicted octanol–water partition coefficient (Wildman–Crippen LogP) is 2.06. The van der Waals surface area contributed by atoms with Crippen LogP contribution in [0.2, 0.25) is 0 Å². The molecule has 0 atom stereocenters. The molecule has 1 amide bonds. The van der Waals surface area contributed by atoms with Gasteiger partial charge in [-0.05, 0) is 19.1 Å². The molecule has 1 aliphatic rings. The van der Waals surface area contributed by atoms with E-state index in [0.29, 0.717) is 5.69 Å². The van der Waals surface area contributed by atoms with Crippen LogP contribution in [-0.4, -0.2) is 45.6 Å². The fraction of sp³-hybridized carbons (Fsp3) is 0.385. The lowest BCUT2D eigenvalue weighted by atomic mass is 10.1. The van der Waals surface area contributed by atoms with Crippen molar-refractivity contribution in [3.8, 4) is 0 Å². The van der Waals surface area contributed by atoms with Crippen molar-refractivity contribution in [3.05, 3.63) is 29.5 Å². The summed E-state index contributed by atoms with van der Waals surface area (Å²) in [4.78, 5) is 14.3. The van der Waals surface area contributed by atoms with Crippen molar-refractivity contribution >= 4 is 28.6 Å². The van der Waals surface area contributed by atoms with E-state index < -0.39 is 0 Å². The molecule has 1 aromatic heterocycles. The highest BCUT2D eigenvalue weighted by molar-refractivity contribution is 7.99. The Hall–Kier alpha value is -1.49. The molecule has 1 saturated heterocycles. The van der Waals surface area contributed by atoms with Crippen LogP contribution in [0, 0.1) is 6.92 Å². The van der Waals surface area contributed by atoms with Gasteiger partial charge in [0.2, 0.25) is 0 Å². The van der Waals surface area contributed by atoms with E-state index in [1.54, 1.807) is 0 Å². The van der Waals surface area contributed by atoms with Gasteiger partial charge < -0.3 is 4.90 Å². The summed E-state index contributed by atoms with van der Waals surface area (Å²) in [6.07, 6.45) is 0. The quantitative estimate of drug-likeness (QED) is 0.855. The van der Waals surface area contributed by atoms with Gasteiger partial charge in [-0.15, -0.1) is 0 Å². The van der Waals surface area contributed by atoms with Crippen LogP contribution in [0.3, 0.4) is 0 Å². The van der Waals surface area contributed by atoms with E-state index in [2.05, 4.69) is 10.2 Å². The molecule has 0 unspecified atom stereocenters. The number of nitrogens with zero attached hydrogens (tertiary/aromatic N) is 2. The maximum atomic E-state index is 12.4. The molecule has 1 aliphatic heterocycles. The molecule has 0 radical (unpaired) electrons. The molecule has 2 aromatic rings. The van der Waals surface area contributed by atoms with Crippen LogP contribution in [0.1, 0.15) is 16.1 Å². The third-order valence-corrected chi connectivity index (χ3v) is 4.16. The molecule has 18 heavy (non-hydrogen) atoms. The molecule has 94 valence electrons. The predicted molar refractivity (Wildman–Crippen MR) is 74.1 cm³/mol. The van der Waals surface area contributed by atoms with Crippen molar-refractivity contribution in [2.24, 2.45) is 0 Å². The number of nitrogens with one attached hydrogen (secondary N) is 1. The number of rotatable bonds is 1. The Morgan fingerprint density at radius 3 is 2.94 bits per heavy atom. The summed E-state index contributed by atoms with van der Waals surface area (Å²) in [7, 11) is 0. The number of aromatic nitrogens is 2. The van der Waals surface area contributed by atoms with Crippen LogP contribution in [0.5, 0.6) is 0 Å². The maximum absolute atomic E-state index is 12.4. The number of amides is 1. The van der Waals surface area contributed by atoms with Gasteiger partial charge in [0.25, 0.3) is 5.91 Å². The van der Waals surface area contributed by atoms with Crippen LogP contribution in [-0.2, 0) is 0 Å². The highest BCUT2D eigenvalue weighted by Crippen LogP contribution is 2.20. The molecule has 0 saturated carbocycles. The minimum atomic E-state index is 0.0483. The summed E-state index contributed by atoms with van der Waals surface area (Å²) in [5.41, 5.74) is 2.63. The van der Waals surface area contributed by atoms with Gasteiger partial charge in [-0.1, -0.05) is 11.6 Å². The van der Waals surface area contributed by atoms with Gasteiger partial charge in [0.05, 0.1) is 5.52 Å². The van der Waals surface area contributed by atoms with Crippen LogP contribution < -0.4 is 0 Å². The first-order valence-electron chi connectivity index (χ1n) is 6.07. The first-order chi connectivity index (χ1) is 8.75. The van der Waals surface area contributed by atoms with Crippen molar-refractivity contribution in [3.63, 3.8) is 0 Å². The van der Waals surface area contributed by atoms with Gasteiger partial charge >= 0.3 is 0 Å². The van der Waals surface area contributed by atoms with Crippen LogP contribution in [0.15, 0.2) is 18.2 Å². The van der Waals surface area contributed by atoms with Crippen molar-refractivity contribution < 1.29 is 4.79 Å². The largest absolute Gasteiger partial charge is 0.336 e. The normalized spacial score (nSPS) is 16.2. The van der Waals surface area contributed by atoms with Crippen molar-refractivity contribution in [2.75, 3.05) is 24.6 Å². The minimum Gasteiger partial charge on any atom is -0.336 e. The lowest BCUT2D eigenvalue weighted by Gasteiger charge is -2.25. The molecule has 5 heteroatoms. The lowest BCUT2D eigenvalue weighted by molar-refractivity contribution is 0.0768. The number of aromatic amines is 1. The molecule has 1 aromatic carbocycles. The minimum absolute atomic E-state index is 0.0483. The standard InChI is InChI=1S/C13H15N3OS/c1-9-2-3-11-10(8-9)12(15-14-11)13(17)16-4-6-18-7-5-16/h2-3,8H,4-7H2,1H3,(H,14,15). The second kappa shape index (κ2) is 4.65. The van der Waals surface area contributed by atoms with E-state index in [-0.39, 0.29) is 5.91 Å². The third kappa shape index (κ3) is 1.99. The number of carbonyl (C=O) groups is 1. The molecule has 1 N–H and O–H groups in total. The molecule has 1 fully saturated rings. The SMILES string of the molecule is Cc1ccc2[nH]nc(C(=O)N3CCSCC3)c2c1. The molecule has 0 aliphatic carbocycles. The van der Waals surface area contributed by atoms with Crippen molar-refractivity contribution in [1.29, 1.82) is 0 Å². The van der Waals surface area contributed by atoms with Crippen LogP contribution in [0.25, 0.3) is 10.9 Å². The lowest BCUT2D eigenvalue weighted by Crippen LogP contribution is -2.38. The van der Waals surface area contributed by atoms with E-state index >= 15 is 0 Å². The fourth-order valence-corrected chi connectivity index (χ4v) is 3.11. The van der Waals surface area contributed by atoms with Gasteiger partial charge in [-0.2, -0.15) is 16.9 Å². The number of benzene rings is 1. The Morgan fingerprint density at radius 1 is 1.39 bits per heavy atom. The fourth-order valence-electron chi connectivity index (χ4n) is 2.21. The summed E-state index contributed by atoms with van der Waals surface area (Å²) in [6, 6.07) is 6.01.